The van der Waals surface area contributed by atoms with E-state index in [1.54, 1.807) is 0 Å². The third-order valence-electron chi connectivity index (χ3n) is 4.48. The fraction of sp³-hybridized carbons (Fsp3) is 0.526. The molecule has 2 atom stereocenters. The maximum Gasteiger partial charge on any atom is 0.490 e. The summed E-state index contributed by atoms with van der Waals surface area (Å²) in [6.45, 7) is 1.22. The highest BCUT2D eigenvalue weighted by molar-refractivity contribution is 5.73. The topological polar surface area (TPSA) is 207 Å². The summed E-state index contributed by atoms with van der Waals surface area (Å²) >= 11 is 0. The second-order valence-electron chi connectivity index (χ2n) is 7.21. The molecule has 0 fully saturated rings. The normalized spacial score (nSPS) is 13.0. The molecule has 12 nitrogen and oxygen atoms in total. The van der Waals surface area contributed by atoms with Crippen molar-refractivity contribution in [3.63, 3.8) is 0 Å². The van der Waals surface area contributed by atoms with Gasteiger partial charge in [-0.1, -0.05) is 0 Å². The van der Waals surface area contributed by atoms with Crippen LogP contribution in [0.4, 0.5) is 19.1 Å². The van der Waals surface area contributed by atoms with Crippen LogP contribution in [0.2, 0.25) is 0 Å². The number of carbonyl (C=O) groups is 3. The molecular weight excluding hydrogens is 465 g/mol. The summed E-state index contributed by atoms with van der Waals surface area (Å²) in [6, 6.07) is 2.07. The molecule has 0 radical (unpaired) electrons. The molecule has 0 saturated carbocycles. The summed E-state index contributed by atoms with van der Waals surface area (Å²) in [5, 5.41) is 27.8. The van der Waals surface area contributed by atoms with Gasteiger partial charge in [-0.05, 0) is 44.2 Å². The molecule has 0 saturated heterocycles. The maximum atomic E-state index is 10.7. The van der Waals surface area contributed by atoms with Crippen molar-refractivity contribution in [2.75, 3.05) is 11.9 Å². The zero-order valence-corrected chi connectivity index (χ0v) is 18.0. The van der Waals surface area contributed by atoms with Crippen LogP contribution in [0.1, 0.15) is 32.1 Å². The number of halogens is 3. The molecule has 2 heterocycles. The summed E-state index contributed by atoms with van der Waals surface area (Å²) in [6.07, 6.45) is -0.274. The maximum absolute atomic E-state index is 10.7. The van der Waals surface area contributed by atoms with E-state index < -0.39 is 36.2 Å². The number of fused-ring (bicyclic) bond motifs is 1. The molecule has 0 aromatic heterocycles. The Bertz CT molecular complexity index is 922. The van der Waals surface area contributed by atoms with Gasteiger partial charge in [-0.25, -0.2) is 9.78 Å². The van der Waals surface area contributed by atoms with Crippen molar-refractivity contribution >= 4 is 23.9 Å². The van der Waals surface area contributed by atoms with Crippen molar-refractivity contribution in [3.05, 3.63) is 18.3 Å². The SMILES string of the molecule is NC(CCCCn1cccc2nc(NCCCC(N)C(=O)O)nc1-2)C(=O)O.O=C(O)C(F)(F)F. The molecule has 2 aliphatic heterocycles. The molecule has 0 spiro atoms. The van der Waals surface area contributed by atoms with Gasteiger partial charge >= 0.3 is 24.1 Å². The van der Waals surface area contributed by atoms with Gasteiger partial charge in [0.15, 0.2) is 5.82 Å². The van der Waals surface area contributed by atoms with Crippen LogP contribution in [-0.4, -0.2) is 72.6 Å². The Morgan fingerprint density at radius 1 is 1.00 bits per heavy atom. The van der Waals surface area contributed by atoms with E-state index >= 15 is 0 Å². The molecule has 190 valence electrons. The lowest BCUT2D eigenvalue weighted by molar-refractivity contribution is -0.192. The van der Waals surface area contributed by atoms with Crippen molar-refractivity contribution in [1.29, 1.82) is 0 Å². The molecule has 0 bridgehead atoms. The zero-order valence-electron chi connectivity index (χ0n) is 18.0. The largest absolute Gasteiger partial charge is 0.490 e. The lowest BCUT2D eigenvalue weighted by atomic mass is 10.1. The summed E-state index contributed by atoms with van der Waals surface area (Å²) in [5.74, 6) is -3.51. The van der Waals surface area contributed by atoms with E-state index in [-0.39, 0.29) is 0 Å². The van der Waals surface area contributed by atoms with Gasteiger partial charge in [-0.3, -0.25) is 9.59 Å². The zero-order chi connectivity index (χ0) is 25.9. The van der Waals surface area contributed by atoms with Crippen LogP contribution in [0.5, 0.6) is 0 Å². The minimum atomic E-state index is -5.08. The Hall–Kier alpha value is -3.46. The number of aliphatic carboxylic acids is 3. The van der Waals surface area contributed by atoms with Crippen molar-refractivity contribution < 1.29 is 42.9 Å². The van der Waals surface area contributed by atoms with E-state index in [2.05, 4.69) is 15.3 Å². The van der Waals surface area contributed by atoms with Gasteiger partial charge in [-0.15, -0.1) is 0 Å². The van der Waals surface area contributed by atoms with E-state index in [0.717, 1.165) is 17.9 Å². The molecule has 2 unspecified atom stereocenters. The minimum absolute atomic E-state index is 0.376. The van der Waals surface area contributed by atoms with E-state index in [0.29, 0.717) is 44.7 Å². The van der Waals surface area contributed by atoms with Gasteiger partial charge in [0.1, 0.15) is 17.8 Å². The summed E-state index contributed by atoms with van der Waals surface area (Å²) < 4.78 is 33.7. The first kappa shape index (κ1) is 28.6. The second-order valence-corrected chi connectivity index (χ2v) is 7.21. The van der Waals surface area contributed by atoms with Crippen LogP contribution in [-0.2, 0) is 20.9 Å². The highest BCUT2D eigenvalue weighted by Gasteiger charge is 2.38. The molecule has 34 heavy (non-hydrogen) atoms. The van der Waals surface area contributed by atoms with Gasteiger partial charge in [0.2, 0.25) is 5.95 Å². The number of nitrogens with zero attached hydrogens (tertiary/aromatic N) is 3. The van der Waals surface area contributed by atoms with E-state index in [1.807, 2.05) is 22.9 Å². The third-order valence-corrected chi connectivity index (χ3v) is 4.48. The summed E-state index contributed by atoms with van der Waals surface area (Å²) in [4.78, 5) is 39.2. The van der Waals surface area contributed by atoms with Gasteiger partial charge in [0.25, 0.3) is 0 Å². The quantitative estimate of drug-likeness (QED) is 0.232. The number of unbranched alkanes of at least 4 members (excludes halogenated alkanes) is 1. The third kappa shape index (κ3) is 9.99. The van der Waals surface area contributed by atoms with Crippen LogP contribution in [0.3, 0.4) is 0 Å². The number of alkyl halides is 3. The number of anilines is 1. The van der Waals surface area contributed by atoms with E-state index in [1.165, 1.54) is 0 Å². The lowest BCUT2D eigenvalue weighted by Crippen LogP contribution is -2.30. The summed E-state index contributed by atoms with van der Waals surface area (Å²) in [7, 11) is 0. The Morgan fingerprint density at radius 3 is 2.09 bits per heavy atom. The first-order valence-corrected chi connectivity index (χ1v) is 10.2. The van der Waals surface area contributed by atoms with Gasteiger partial charge in [0, 0.05) is 19.3 Å². The number of hydrogen-bond donors (Lipinski definition) is 6. The number of rotatable bonds is 12. The Labute approximate surface area is 192 Å². The number of imidazole rings is 1. The number of hydrogen-bond acceptors (Lipinski definition) is 8. The van der Waals surface area contributed by atoms with Gasteiger partial charge < -0.3 is 36.7 Å². The molecule has 0 aromatic rings. The molecule has 15 heteroatoms. The molecule has 2 aliphatic rings. The van der Waals surface area contributed by atoms with Crippen molar-refractivity contribution in [1.82, 2.24) is 14.5 Å². The number of nitrogens with one attached hydrogen (secondary N) is 1. The monoisotopic (exact) mass is 492 g/mol. The number of aryl methyl sites for hydroxylation is 1. The first-order chi connectivity index (χ1) is 15.8. The number of nitrogens with two attached hydrogens (primary N) is 2. The van der Waals surface area contributed by atoms with Crippen molar-refractivity contribution in [2.24, 2.45) is 11.5 Å². The van der Waals surface area contributed by atoms with Crippen molar-refractivity contribution in [3.8, 4) is 11.5 Å². The fourth-order valence-electron chi connectivity index (χ4n) is 2.65. The van der Waals surface area contributed by atoms with Gasteiger partial charge in [0.05, 0.1) is 0 Å². The number of aromatic nitrogens is 3. The van der Waals surface area contributed by atoms with Crippen LogP contribution < -0.4 is 16.8 Å². The van der Waals surface area contributed by atoms with Gasteiger partial charge in [-0.2, -0.15) is 18.2 Å². The Morgan fingerprint density at radius 2 is 1.56 bits per heavy atom. The number of carboxylic acid groups (broad SMARTS) is 3. The lowest BCUT2D eigenvalue weighted by Gasteiger charge is -2.11. The number of pyridine rings is 1. The predicted molar refractivity (Wildman–Crippen MR) is 113 cm³/mol. The molecule has 2 rings (SSSR count). The second kappa shape index (κ2) is 13.3. The molecule has 8 N–H and O–H groups in total. The predicted octanol–water partition coefficient (Wildman–Crippen LogP) is 1.20. The summed E-state index contributed by atoms with van der Waals surface area (Å²) in [5.41, 5.74) is 11.7. The average Bonchev–Trinajstić information content (AvgIpc) is 3.17. The molecular formula is C19H27F3N6O6. The minimum Gasteiger partial charge on any atom is -0.480 e. The van der Waals surface area contributed by atoms with Crippen LogP contribution in [0.15, 0.2) is 18.3 Å². The molecule has 0 aromatic carbocycles. The standard InChI is InChI=1S/C17H26N6O4.C2HF3O2/c18-11(15(24)25)5-1-2-9-23-10-4-7-13-14(23)22-17(21-13)20-8-3-6-12(19)16(26)27;3-2(4,5)1(6)7/h4,7,10-12H,1-3,5-6,8-9,18-19H2,(H,20,21)(H,24,25)(H,26,27);(H,6,7). The van der Waals surface area contributed by atoms with Crippen molar-refractivity contribution in [2.45, 2.75) is 56.9 Å². The van der Waals surface area contributed by atoms with E-state index in [9.17, 15) is 22.8 Å². The van der Waals surface area contributed by atoms with E-state index in [4.69, 9.17) is 31.6 Å². The Balaban J connectivity index is 0.000000718. The van der Waals surface area contributed by atoms with Crippen LogP contribution in [0.25, 0.3) is 11.5 Å². The highest BCUT2D eigenvalue weighted by atomic mass is 19.4. The molecule has 0 amide bonds. The smallest absolute Gasteiger partial charge is 0.480 e. The first-order valence-electron chi connectivity index (χ1n) is 10.2. The fourth-order valence-corrected chi connectivity index (χ4v) is 2.65. The van der Waals surface area contributed by atoms with Crippen LogP contribution in [0, 0.1) is 0 Å². The Kier molecular flexibility index (Phi) is 11.2. The number of carboxylic acids is 3. The average molecular weight is 492 g/mol. The molecule has 0 aliphatic carbocycles. The highest BCUT2D eigenvalue weighted by Crippen LogP contribution is 2.21. The van der Waals surface area contributed by atoms with Crippen LogP contribution >= 0.6 is 0 Å².